The largest absolute Gasteiger partial charge is 0.313 e. The van der Waals surface area contributed by atoms with Crippen molar-refractivity contribution in [2.45, 2.75) is 25.8 Å². The first-order valence-corrected chi connectivity index (χ1v) is 4.70. The van der Waals surface area contributed by atoms with E-state index in [0.717, 1.165) is 25.0 Å². The van der Waals surface area contributed by atoms with Crippen molar-refractivity contribution in [3.63, 3.8) is 0 Å². The quantitative estimate of drug-likeness (QED) is 0.461. The van der Waals surface area contributed by atoms with E-state index in [1.54, 1.807) is 0 Å². The van der Waals surface area contributed by atoms with Crippen LogP contribution >= 0.6 is 0 Å². The lowest BCUT2D eigenvalue weighted by molar-refractivity contribution is 0.242. The minimum atomic E-state index is 0.683. The summed E-state index contributed by atoms with van der Waals surface area (Å²) in [7, 11) is 0. The van der Waals surface area contributed by atoms with Gasteiger partial charge in [0.25, 0.3) is 0 Å². The molecule has 2 heteroatoms. The van der Waals surface area contributed by atoms with Crippen LogP contribution in [-0.4, -0.2) is 25.7 Å². The molecule has 2 nitrogen and oxygen atoms in total. The Morgan fingerprint density at radius 2 is 2.17 bits per heavy atom. The summed E-state index contributed by atoms with van der Waals surface area (Å²) in [4.78, 5) is 0. The van der Waals surface area contributed by atoms with Crippen molar-refractivity contribution in [2.24, 2.45) is 5.92 Å². The Bertz CT molecular complexity index is 154. The number of hydrogen-bond donors (Lipinski definition) is 2. The van der Waals surface area contributed by atoms with Gasteiger partial charge < -0.3 is 10.6 Å². The molecule has 0 unspecified atom stereocenters. The zero-order valence-corrected chi connectivity index (χ0v) is 7.77. The maximum absolute atomic E-state index is 5.09. The molecule has 0 radical (unpaired) electrons. The van der Waals surface area contributed by atoms with Crippen LogP contribution in [0, 0.1) is 18.3 Å². The number of hydrogen-bond acceptors (Lipinski definition) is 2. The Morgan fingerprint density at radius 1 is 1.42 bits per heavy atom. The third kappa shape index (κ3) is 3.25. The first-order chi connectivity index (χ1) is 5.83. The molecule has 2 N–H and O–H groups in total. The van der Waals surface area contributed by atoms with Crippen molar-refractivity contribution >= 4 is 0 Å². The zero-order valence-electron chi connectivity index (χ0n) is 7.77. The molecule has 0 aromatic heterocycles. The monoisotopic (exact) mass is 166 g/mol. The smallest absolute Gasteiger partial charge is 0.0574 e. The molecular weight excluding hydrogens is 148 g/mol. The second-order valence-electron chi connectivity index (χ2n) is 3.61. The van der Waals surface area contributed by atoms with Crippen molar-refractivity contribution in [3.05, 3.63) is 0 Å². The van der Waals surface area contributed by atoms with Gasteiger partial charge in [-0.05, 0) is 18.8 Å². The van der Waals surface area contributed by atoms with Crippen molar-refractivity contribution < 1.29 is 0 Å². The van der Waals surface area contributed by atoms with E-state index in [1.165, 1.54) is 12.8 Å². The topological polar surface area (TPSA) is 24.1 Å². The second-order valence-corrected chi connectivity index (χ2v) is 3.61. The predicted molar refractivity (Wildman–Crippen MR) is 51.9 cm³/mol. The Morgan fingerprint density at radius 3 is 2.75 bits per heavy atom. The Kier molecular flexibility index (Phi) is 4.13. The molecule has 0 heterocycles. The zero-order chi connectivity index (χ0) is 8.81. The van der Waals surface area contributed by atoms with Gasteiger partial charge in [0.2, 0.25) is 0 Å². The standard InChI is InChI=1S/C10H18N2/c1-3-4-11-5-6-12-10-7-9(2)8-10/h1,9-12H,4-8H2,2H3. The average Bonchev–Trinajstić information content (AvgIpc) is 2.00. The molecule has 68 valence electrons. The summed E-state index contributed by atoms with van der Waals surface area (Å²) in [5, 5.41) is 6.63. The third-order valence-corrected chi connectivity index (χ3v) is 2.34. The Hall–Kier alpha value is -0.520. The molecule has 0 bridgehead atoms. The lowest BCUT2D eigenvalue weighted by Gasteiger charge is -2.33. The van der Waals surface area contributed by atoms with Crippen LogP contribution in [0.3, 0.4) is 0 Å². The van der Waals surface area contributed by atoms with Gasteiger partial charge in [-0.25, -0.2) is 0 Å². The molecule has 0 aliphatic heterocycles. The molecule has 12 heavy (non-hydrogen) atoms. The van der Waals surface area contributed by atoms with Crippen molar-refractivity contribution in [1.29, 1.82) is 0 Å². The van der Waals surface area contributed by atoms with E-state index in [2.05, 4.69) is 23.5 Å². The van der Waals surface area contributed by atoms with Crippen LogP contribution < -0.4 is 10.6 Å². The summed E-state index contributed by atoms with van der Waals surface area (Å²) < 4.78 is 0. The summed E-state index contributed by atoms with van der Waals surface area (Å²) in [6.07, 6.45) is 7.78. The summed E-state index contributed by atoms with van der Waals surface area (Å²) in [5.74, 6) is 3.48. The molecule has 1 aliphatic carbocycles. The lowest BCUT2D eigenvalue weighted by Crippen LogP contribution is -2.42. The van der Waals surface area contributed by atoms with Crippen LogP contribution in [0.5, 0.6) is 0 Å². The molecular formula is C10H18N2. The van der Waals surface area contributed by atoms with Gasteiger partial charge in [-0.3, -0.25) is 0 Å². The van der Waals surface area contributed by atoms with Crippen molar-refractivity contribution in [2.75, 3.05) is 19.6 Å². The third-order valence-electron chi connectivity index (χ3n) is 2.34. The SMILES string of the molecule is C#CCNCCNC1CC(C)C1. The first-order valence-electron chi connectivity index (χ1n) is 4.70. The number of terminal acetylenes is 1. The minimum absolute atomic E-state index is 0.683. The van der Waals surface area contributed by atoms with Gasteiger partial charge in [0.15, 0.2) is 0 Å². The van der Waals surface area contributed by atoms with E-state index < -0.39 is 0 Å². The molecule has 0 saturated heterocycles. The number of nitrogens with one attached hydrogen (secondary N) is 2. The van der Waals surface area contributed by atoms with Crippen LogP contribution in [-0.2, 0) is 0 Å². The highest BCUT2D eigenvalue weighted by Gasteiger charge is 2.23. The van der Waals surface area contributed by atoms with Crippen molar-refractivity contribution in [3.8, 4) is 12.3 Å². The number of rotatable bonds is 5. The van der Waals surface area contributed by atoms with Crippen LogP contribution in [0.15, 0.2) is 0 Å². The highest BCUT2D eigenvalue weighted by molar-refractivity contribution is 4.87. The average molecular weight is 166 g/mol. The summed E-state index contributed by atoms with van der Waals surface area (Å²) in [6, 6.07) is 0.771. The van der Waals surface area contributed by atoms with E-state index in [-0.39, 0.29) is 0 Å². The van der Waals surface area contributed by atoms with Crippen LogP contribution in [0.4, 0.5) is 0 Å². The van der Waals surface area contributed by atoms with Crippen LogP contribution in [0.2, 0.25) is 0 Å². The van der Waals surface area contributed by atoms with Gasteiger partial charge in [0.05, 0.1) is 6.54 Å². The molecule has 0 amide bonds. The van der Waals surface area contributed by atoms with E-state index >= 15 is 0 Å². The summed E-state index contributed by atoms with van der Waals surface area (Å²) in [6.45, 7) is 5.01. The van der Waals surface area contributed by atoms with E-state index in [0.29, 0.717) is 6.54 Å². The maximum Gasteiger partial charge on any atom is 0.0574 e. The fraction of sp³-hybridized carbons (Fsp3) is 0.800. The molecule has 0 aromatic carbocycles. The molecule has 1 aliphatic rings. The highest BCUT2D eigenvalue weighted by atomic mass is 15.0. The van der Waals surface area contributed by atoms with Gasteiger partial charge in [0.1, 0.15) is 0 Å². The Labute approximate surface area is 75.1 Å². The maximum atomic E-state index is 5.09. The van der Waals surface area contributed by atoms with Gasteiger partial charge in [-0.15, -0.1) is 6.42 Å². The molecule has 0 aromatic rings. The van der Waals surface area contributed by atoms with Gasteiger partial charge in [0, 0.05) is 19.1 Å². The van der Waals surface area contributed by atoms with Gasteiger partial charge >= 0.3 is 0 Å². The minimum Gasteiger partial charge on any atom is -0.313 e. The Balaban J connectivity index is 1.81. The van der Waals surface area contributed by atoms with Crippen LogP contribution in [0.1, 0.15) is 19.8 Å². The van der Waals surface area contributed by atoms with E-state index in [1.807, 2.05) is 0 Å². The summed E-state index contributed by atoms with van der Waals surface area (Å²) >= 11 is 0. The van der Waals surface area contributed by atoms with Crippen LogP contribution in [0.25, 0.3) is 0 Å². The molecule has 1 fully saturated rings. The molecule has 1 saturated carbocycles. The van der Waals surface area contributed by atoms with E-state index in [9.17, 15) is 0 Å². The predicted octanol–water partition coefficient (Wildman–Crippen LogP) is 0.597. The normalized spacial score (nSPS) is 27.7. The summed E-state index contributed by atoms with van der Waals surface area (Å²) in [5.41, 5.74) is 0. The molecule has 0 atom stereocenters. The lowest BCUT2D eigenvalue weighted by atomic mass is 9.82. The fourth-order valence-corrected chi connectivity index (χ4v) is 1.59. The van der Waals surface area contributed by atoms with E-state index in [4.69, 9.17) is 6.42 Å². The molecule has 1 rings (SSSR count). The van der Waals surface area contributed by atoms with Gasteiger partial charge in [-0.1, -0.05) is 12.8 Å². The van der Waals surface area contributed by atoms with Crippen molar-refractivity contribution in [1.82, 2.24) is 10.6 Å². The molecule has 0 spiro atoms. The first kappa shape index (κ1) is 9.57. The highest BCUT2D eigenvalue weighted by Crippen LogP contribution is 2.25. The second kappa shape index (κ2) is 5.18. The fourth-order valence-electron chi connectivity index (χ4n) is 1.59. The van der Waals surface area contributed by atoms with Gasteiger partial charge in [-0.2, -0.15) is 0 Å².